The van der Waals surface area contributed by atoms with Gasteiger partial charge in [0.25, 0.3) is 7.82 Å². The van der Waals surface area contributed by atoms with Crippen LogP contribution in [-0.4, -0.2) is 81.4 Å². The zero-order valence-corrected chi connectivity index (χ0v) is 32.8. The van der Waals surface area contributed by atoms with Crippen LogP contribution in [0, 0.1) is 0 Å². The molecule has 2 unspecified atom stereocenters. The highest BCUT2D eigenvalue weighted by Crippen LogP contribution is 2.43. The Bertz CT molecular complexity index is 1070. The van der Waals surface area contributed by atoms with Gasteiger partial charge in [-0.15, -0.1) is 0 Å². The zero-order valence-electron chi connectivity index (χ0n) is 31.9. The maximum absolute atomic E-state index is 12.7. The van der Waals surface area contributed by atoms with Crippen molar-refractivity contribution in [2.45, 2.75) is 173 Å². The van der Waals surface area contributed by atoms with Crippen molar-refractivity contribution in [1.29, 1.82) is 0 Å². The molecule has 0 N–H and O–H groups in total. The van der Waals surface area contributed by atoms with E-state index in [4.69, 9.17) is 18.5 Å². The minimum absolute atomic E-state index is 0.0485. The van der Waals surface area contributed by atoms with Gasteiger partial charge in [0.05, 0.1) is 27.7 Å². The van der Waals surface area contributed by atoms with Crippen LogP contribution in [0.25, 0.3) is 0 Å². The van der Waals surface area contributed by atoms with E-state index in [1.54, 1.807) is 0 Å². The van der Waals surface area contributed by atoms with E-state index in [9.17, 15) is 19.0 Å². The number of esters is 2. The summed E-state index contributed by atoms with van der Waals surface area (Å²) in [5.74, 6) is -0.922. The van der Waals surface area contributed by atoms with Gasteiger partial charge < -0.3 is 27.9 Å². The number of carbonyl (C=O) groups excluding carboxylic acids is 2. The van der Waals surface area contributed by atoms with Crippen molar-refractivity contribution in [3.05, 3.63) is 0 Å². The highest BCUT2D eigenvalue weighted by molar-refractivity contribution is 7.45. The number of unbranched alkanes of at least 4 members (excludes halogenated alkanes) is 12. The summed E-state index contributed by atoms with van der Waals surface area (Å²) in [5.41, 5.74) is -0.529. The molecule has 0 aromatic carbocycles. The van der Waals surface area contributed by atoms with Crippen molar-refractivity contribution >= 4 is 19.8 Å². The molecule has 0 amide bonds. The number of carbonyl (C=O) groups is 2. The lowest BCUT2D eigenvalue weighted by Gasteiger charge is -2.28. The third-order valence-electron chi connectivity index (χ3n) is 9.20. The van der Waals surface area contributed by atoms with Crippen LogP contribution in [-0.2, 0) is 32.7 Å². The van der Waals surface area contributed by atoms with Crippen LogP contribution in [0.3, 0.4) is 0 Å². The summed E-state index contributed by atoms with van der Waals surface area (Å²) >= 11 is 0. The summed E-state index contributed by atoms with van der Waals surface area (Å²) in [7, 11) is 1.10. The second-order valence-corrected chi connectivity index (χ2v) is 16.6. The molecule has 0 saturated heterocycles. The largest absolute Gasteiger partial charge is 0.756 e. The fourth-order valence-electron chi connectivity index (χ4n) is 5.77. The van der Waals surface area contributed by atoms with Crippen molar-refractivity contribution < 1.29 is 42.1 Å². The molecule has 0 saturated carbocycles. The summed E-state index contributed by atoms with van der Waals surface area (Å²) in [4.78, 5) is 37.5. The molecule has 14 heteroatoms. The Morgan fingerprint density at radius 2 is 1.12 bits per heavy atom. The number of quaternary nitrogens is 1. The standard InChI is InChI=1S/C36H68N5O8P/c1-6-8-10-11-12-13-14-15-16-17-18-22-33(42)46-30-32(31-48-50(44,45)47-29-28-41(3,4)5)49-34(43)23-19-20-25-36(39-40-36)27-21-26-35(37-38-35)24-9-7-2/h32H,6-31H2,1-5H3. The molecular weight excluding hydrogens is 661 g/mol. The van der Waals surface area contributed by atoms with Crippen LogP contribution in [0.2, 0.25) is 0 Å². The van der Waals surface area contributed by atoms with Gasteiger partial charge in [-0.3, -0.25) is 14.2 Å². The van der Waals surface area contributed by atoms with E-state index >= 15 is 0 Å². The second kappa shape index (κ2) is 23.7. The number of phosphoric acid groups is 1. The van der Waals surface area contributed by atoms with Gasteiger partial charge in [0.2, 0.25) is 0 Å². The monoisotopic (exact) mass is 729 g/mol. The van der Waals surface area contributed by atoms with Crippen molar-refractivity contribution in [3.8, 4) is 0 Å². The van der Waals surface area contributed by atoms with Gasteiger partial charge in [0, 0.05) is 12.8 Å². The lowest BCUT2D eigenvalue weighted by atomic mass is 9.94. The number of hydrogen-bond donors (Lipinski definition) is 0. The first-order chi connectivity index (χ1) is 23.8. The van der Waals surface area contributed by atoms with E-state index in [0.717, 1.165) is 70.6 Å². The average molecular weight is 730 g/mol. The number of ether oxygens (including phenoxy) is 2. The lowest BCUT2D eigenvalue weighted by Crippen LogP contribution is -2.37. The van der Waals surface area contributed by atoms with Crippen LogP contribution in [0.4, 0.5) is 0 Å². The molecular formula is C36H68N5O8P. The molecule has 2 heterocycles. The van der Waals surface area contributed by atoms with Gasteiger partial charge in [0.15, 0.2) is 17.4 Å². The number of phosphoric ester groups is 1. The van der Waals surface area contributed by atoms with Gasteiger partial charge in [-0.25, -0.2) is 0 Å². The molecule has 0 fully saturated rings. The van der Waals surface area contributed by atoms with Crippen LogP contribution in [0.1, 0.15) is 155 Å². The van der Waals surface area contributed by atoms with Gasteiger partial charge in [0.1, 0.15) is 19.8 Å². The molecule has 2 rings (SSSR count). The number of hydrogen-bond acceptors (Lipinski definition) is 12. The summed E-state index contributed by atoms with van der Waals surface area (Å²) in [5, 5.41) is 17.1. The molecule has 0 aliphatic carbocycles. The maximum atomic E-state index is 12.7. The first-order valence-electron chi connectivity index (χ1n) is 19.5. The van der Waals surface area contributed by atoms with E-state index in [0.29, 0.717) is 17.4 Å². The highest BCUT2D eigenvalue weighted by atomic mass is 31.2. The molecule has 2 atom stereocenters. The summed E-state index contributed by atoms with van der Waals surface area (Å²) in [6.07, 6.45) is 20.3. The summed E-state index contributed by atoms with van der Waals surface area (Å²) in [6.45, 7) is 4.02. The van der Waals surface area contributed by atoms with Crippen LogP contribution in [0.5, 0.6) is 0 Å². The molecule has 2 aliphatic heterocycles. The molecule has 0 aromatic rings. The third kappa shape index (κ3) is 22.2. The van der Waals surface area contributed by atoms with Gasteiger partial charge >= 0.3 is 11.9 Å². The third-order valence-corrected chi connectivity index (χ3v) is 10.2. The minimum atomic E-state index is -4.65. The second-order valence-electron chi connectivity index (χ2n) is 15.2. The highest BCUT2D eigenvalue weighted by Gasteiger charge is 2.42. The Balaban J connectivity index is 1.69. The summed E-state index contributed by atoms with van der Waals surface area (Å²) < 4.78 is 33.8. The van der Waals surface area contributed by atoms with Crippen LogP contribution >= 0.6 is 7.82 Å². The topological polar surface area (TPSA) is 161 Å². The van der Waals surface area contributed by atoms with Gasteiger partial charge in [-0.05, 0) is 57.8 Å². The van der Waals surface area contributed by atoms with E-state index < -0.39 is 32.5 Å². The maximum Gasteiger partial charge on any atom is 0.306 e. The van der Waals surface area contributed by atoms with Crippen LogP contribution < -0.4 is 4.89 Å². The Hall–Kier alpha value is -1.79. The number of rotatable bonds is 34. The Morgan fingerprint density at radius 1 is 0.640 bits per heavy atom. The predicted octanol–water partition coefficient (Wildman–Crippen LogP) is 8.60. The number of nitrogens with zero attached hydrogens (tertiary/aromatic N) is 5. The smallest absolute Gasteiger partial charge is 0.306 e. The first-order valence-corrected chi connectivity index (χ1v) is 20.9. The van der Waals surface area contributed by atoms with Crippen molar-refractivity contribution in [2.24, 2.45) is 20.5 Å². The first kappa shape index (κ1) is 44.4. The average Bonchev–Trinajstić information content (AvgIpc) is 3.99. The van der Waals surface area contributed by atoms with E-state index in [-0.39, 0.29) is 37.4 Å². The molecule has 0 radical (unpaired) electrons. The lowest BCUT2D eigenvalue weighted by molar-refractivity contribution is -0.870. The van der Waals surface area contributed by atoms with Crippen molar-refractivity contribution in [1.82, 2.24) is 0 Å². The molecule has 13 nitrogen and oxygen atoms in total. The SMILES string of the molecule is CCCCCCCCCCCCCC(=O)OCC(COP(=O)([O-])OCC[N+](C)(C)C)OC(=O)CCCCC1(CCCC2(CCCC)N=N2)N=N1. The predicted molar refractivity (Wildman–Crippen MR) is 191 cm³/mol. The molecule has 290 valence electrons. The van der Waals surface area contributed by atoms with Gasteiger partial charge in [-0.2, -0.15) is 20.5 Å². The molecule has 2 aliphatic rings. The Labute approximate surface area is 301 Å². The number of likely N-dealkylation sites (N-methyl/N-ethyl adjacent to an activating group) is 1. The zero-order chi connectivity index (χ0) is 36.8. The fraction of sp³-hybridized carbons (Fsp3) is 0.944. The molecule has 0 spiro atoms. The van der Waals surface area contributed by atoms with E-state index in [1.807, 2.05) is 21.1 Å². The summed E-state index contributed by atoms with van der Waals surface area (Å²) in [6, 6.07) is 0. The molecule has 0 bridgehead atoms. The van der Waals surface area contributed by atoms with Crippen LogP contribution in [0.15, 0.2) is 20.5 Å². The van der Waals surface area contributed by atoms with E-state index in [1.165, 1.54) is 51.4 Å². The van der Waals surface area contributed by atoms with Gasteiger partial charge in [-0.1, -0.05) is 84.5 Å². The normalized spacial score (nSPS) is 17.3. The fourth-order valence-corrected chi connectivity index (χ4v) is 6.50. The van der Waals surface area contributed by atoms with Crippen molar-refractivity contribution in [3.63, 3.8) is 0 Å². The Morgan fingerprint density at radius 3 is 1.66 bits per heavy atom. The molecule has 50 heavy (non-hydrogen) atoms. The minimum Gasteiger partial charge on any atom is -0.756 e. The molecule has 0 aromatic heterocycles. The van der Waals surface area contributed by atoms with E-state index in [2.05, 4.69) is 34.3 Å². The Kier molecular flexibility index (Phi) is 21.0. The van der Waals surface area contributed by atoms with Crippen molar-refractivity contribution in [2.75, 3.05) is 47.5 Å². The quantitative estimate of drug-likeness (QED) is 0.0275.